The van der Waals surface area contributed by atoms with Crippen LogP contribution in [0.5, 0.6) is 0 Å². The van der Waals surface area contributed by atoms with Gasteiger partial charge in [-0.15, -0.1) is 10.2 Å². The summed E-state index contributed by atoms with van der Waals surface area (Å²) in [5.74, 6) is 0. The molecule has 1 N–H and O–H groups in total. The zero-order valence-electron chi connectivity index (χ0n) is 12.6. The van der Waals surface area contributed by atoms with Crippen LogP contribution >= 0.6 is 34.9 Å². The lowest BCUT2D eigenvalue weighted by Crippen LogP contribution is -2.29. The largest absolute Gasteiger partial charge is 0.309 e. The van der Waals surface area contributed by atoms with Crippen LogP contribution in [-0.4, -0.2) is 28.2 Å². The van der Waals surface area contributed by atoms with Crippen LogP contribution in [0.4, 0.5) is 0 Å². The maximum Gasteiger partial charge on any atom is 0.175 e. The van der Waals surface area contributed by atoms with Gasteiger partial charge >= 0.3 is 0 Å². The number of benzene rings is 1. The van der Waals surface area contributed by atoms with E-state index in [4.69, 9.17) is 0 Å². The first-order valence-electron chi connectivity index (χ1n) is 7.07. The van der Waals surface area contributed by atoms with E-state index in [1.807, 2.05) is 6.26 Å². The number of hydrogen-bond acceptors (Lipinski definition) is 6. The molecule has 1 aromatic carbocycles. The molecule has 0 fully saturated rings. The Kier molecular flexibility index (Phi) is 7.03. The molecule has 0 saturated heterocycles. The zero-order valence-corrected chi connectivity index (χ0v) is 15.0. The number of hydrogen-bond donors (Lipinski definition) is 1. The van der Waals surface area contributed by atoms with Gasteiger partial charge in [-0.1, -0.05) is 79.0 Å². The first kappa shape index (κ1) is 16.8. The molecule has 1 aromatic heterocycles. The minimum atomic E-state index is 0.331. The van der Waals surface area contributed by atoms with E-state index in [2.05, 4.69) is 59.7 Å². The van der Waals surface area contributed by atoms with E-state index >= 15 is 0 Å². The highest BCUT2D eigenvalue weighted by Crippen LogP contribution is 2.35. The van der Waals surface area contributed by atoms with E-state index in [0.717, 1.165) is 21.6 Å². The Hall–Kier alpha value is -0.560. The van der Waals surface area contributed by atoms with Crippen molar-refractivity contribution in [3.05, 3.63) is 35.9 Å². The third-order valence-corrected chi connectivity index (χ3v) is 6.25. The maximum absolute atomic E-state index is 4.27. The van der Waals surface area contributed by atoms with Crippen LogP contribution in [-0.2, 0) is 0 Å². The smallest absolute Gasteiger partial charge is 0.175 e. The van der Waals surface area contributed by atoms with Crippen molar-refractivity contribution in [1.82, 2.24) is 15.5 Å². The third kappa shape index (κ3) is 4.98. The molecule has 0 aliphatic carbocycles. The highest BCUT2D eigenvalue weighted by Gasteiger charge is 2.21. The van der Waals surface area contributed by atoms with E-state index in [9.17, 15) is 0 Å². The molecule has 0 amide bonds. The average Bonchev–Trinajstić information content (AvgIpc) is 2.96. The molecule has 0 aliphatic rings. The number of rotatable bonds is 8. The van der Waals surface area contributed by atoms with Gasteiger partial charge < -0.3 is 5.32 Å². The highest BCUT2D eigenvalue weighted by atomic mass is 32.2. The van der Waals surface area contributed by atoms with Gasteiger partial charge in [-0.2, -0.15) is 0 Å². The number of thioether (sulfide) groups is 2. The Morgan fingerprint density at radius 3 is 2.52 bits per heavy atom. The highest BCUT2D eigenvalue weighted by molar-refractivity contribution is 8.03. The molecule has 2 unspecified atom stereocenters. The van der Waals surface area contributed by atoms with Crippen molar-refractivity contribution in [1.29, 1.82) is 0 Å². The fourth-order valence-corrected chi connectivity index (χ4v) is 4.91. The summed E-state index contributed by atoms with van der Waals surface area (Å²) >= 11 is 5.13. The van der Waals surface area contributed by atoms with Crippen LogP contribution in [0.1, 0.15) is 31.9 Å². The number of aromatic nitrogens is 2. The number of nitrogens with one attached hydrogen (secondary N) is 1. The molecule has 2 atom stereocenters. The Bertz CT molecular complexity index is 530. The Balaban J connectivity index is 2.08. The predicted molar refractivity (Wildman–Crippen MR) is 94.5 cm³/mol. The molecular formula is C15H21N3S3. The molecule has 1 heterocycles. The lowest BCUT2D eigenvalue weighted by molar-refractivity contribution is 0.528. The van der Waals surface area contributed by atoms with Crippen LogP contribution < -0.4 is 5.32 Å². The van der Waals surface area contributed by atoms with Gasteiger partial charge in [-0.25, -0.2) is 0 Å². The molecule has 2 aromatic rings. The van der Waals surface area contributed by atoms with E-state index in [0.29, 0.717) is 11.3 Å². The summed E-state index contributed by atoms with van der Waals surface area (Å²) in [7, 11) is 0. The summed E-state index contributed by atoms with van der Waals surface area (Å²) in [6, 6.07) is 11.0. The number of nitrogens with zero attached hydrogens (tertiary/aromatic N) is 2. The molecule has 0 saturated carbocycles. The van der Waals surface area contributed by atoms with Gasteiger partial charge in [0, 0.05) is 11.3 Å². The van der Waals surface area contributed by atoms with Gasteiger partial charge in [-0.3, -0.25) is 0 Å². The normalized spacial score (nSPS) is 14.0. The van der Waals surface area contributed by atoms with Gasteiger partial charge in [0.15, 0.2) is 8.68 Å². The third-order valence-electron chi connectivity index (χ3n) is 3.09. The van der Waals surface area contributed by atoms with Crippen LogP contribution in [0.2, 0.25) is 0 Å². The standard InChI is InChI=1S/C15H21N3S3/c1-4-10-16-13(12-8-6-5-7-9-12)11(2)20-15-18-17-14(19-3)21-15/h5-9,11,13,16H,4,10H2,1-3H3. The van der Waals surface area contributed by atoms with Gasteiger partial charge in [-0.05, 0) is 24.8 Å². The summed E-state index contributed by atoms with van der Waals surface area (Å²) in [4.78, 5) is 0. The minimum Gasteiger partial charge on any atom is -0.309 e. The summed E-state index contributed by atoms with van der Waals surface area (Å²) in [6.07, 6.45) is 3.17. The molecule has 3 nitrogen and oxygen atoms in total. The van der Waals surface area contributed by atoms with Crippen LogP contribution in [0.25, 0.3) is 0 Å². The van der Waals surface area contributed by atoms with Gasteiger partial charge in [0.05, 0.1) is 0 Å². The predicted octanol–water partition coefficient (Wildman–Crippen LogP) is 4.48. The van der Waals surface area contributed by atoms with Gasteiger partial charge in [0.2, 0.25) is 0 Å². The van der Waals surface area contributed by atoms with Crippen LogP contribution in [0.3, 0.4) is 0 Å². The maximum atomic E-state index is 4.27. The van der Waals surface area contributed by atoms with Crippen molar-refractivity contribution in [2.24, 2.45) is 0 Å². The van der Waals surface area contributed by atoms with E-state index < -0.39 is 0 Å². The van der Waals surface area contributed by atoms with E-state index in [1.54, 1.807) is 34.9 Å². The van der Waals surface area contributed by atoms with Gasteiger partial charge in [0.25, 0.3) is 0 Å². The Morgan fingerprint density at radius 2 is 1.90 bits per heavy atom. The Morgan fingerprint density at radius 1 is 1.19 bits per heavy atom. The van der Waals surface area contributed by atoms with Crippen LogP contribution in [0.15, 0.2) is 39.0 Å². The summed E-state index contributed by atoms with van der Waals surface area (Å²) in [5, 5.41) is 12.5. The van der Waals surface area contributed by atoms with Crippen molar-refractivity contribution in [3.8, 4) is 0 Å². The monoisotopic (exact) mass is 339 g/mol. The van der Waals surface area contributed by atoms with Crippen molar-refractivity contribution in [3.63, 3.8) is 0 Å². The zero-order chi connectivity index (χ0) is 15.1. The lowest BCUT2D eigenvalue weighted by Gasteiger charge is -2.24. The fourth-order valence-electron chi connectivity index (χ4n) is 2.07. The summed E-state index contributed by atoms with van der Waals surface area (Å²) < 4.78 is 2.08. The van der Waals surface area contributed by atoms with E-state index in [1.165, 1.54) is 5.56 Å². The summed E-state index contributed by atoms with van der Waals surface area (Å²) in [6.45, 7) is 5.48. The van der Waals surface area contributed by atoms with Crippen molar-refractivity contribution in [2.45, 2.75) is 40.2 Å². The second-order valence-electron chi connectivity index (χ2n) is 4.70. The lowest BCUT2D eigenvalue weighted by atomic mass is 10.0. The minimum absolute atomic E-state index is 0.331. The quantitative estimate of drug-likeness (QED) is 0.718. The Labute approximate surface area is 139 Å². The van der Waals surface area contributed by atoms with Gasteiger partial charge in [0.1, 0.15) is 0 Å². The van der Waals surface area contributed by atoms with Crippen molar-refractivity contribution >= 4 is 34.9 Å². The molecule has 21 heavy (non-hydrogen) atoms. The van der Waals surface area contributed by atoms with Crippen molar-refractivity contribution in [2.75, 3.05) is 12.8 Å². The summed E-state index contributed by atoms with van der Waals surface area (Å²) in [5.41, 5.74) is 1.33. The molecule has 114 valence electrons. The van der Waals surface area contributed by atoms with Crippen molar-refractivity contribution < 1.29 is 0 Å². The SMILES string of the molecule is CCCNC(c1ccccc1)C(C)Sc1nnc(SC)s1. The second kappa shape index (κ2) is 8.78. The average molecular weight is 340 g/mol. The fraction of sp³-hybridized carbons (Fsp3) is 0.467. The molecule has 6 heteroatoms. The molecule has 0 aliphatic heterocycles. The topological polar surface area (TPSA) is 37.8 Å². The molecule has 0 spiro atoms. The van der Waals surface area contributed by atoms with Crippen LogP contribution in [0, 0.1) is 0 Å². The molecule has 0 bridgehead atoms. The second-order valence-corrected chi connectivity index (χ2v) is 8.36. The molecule has 2 rings (SSSR count). The molecular weight excluding hydrogens is 318 g/mol. The first-order chi connectivity index (χ1) is 10.2. The molecule has 0 radical (unpaired) electrons. The first-order valence-corrected chi connectivity index (χ1v) is 9.99. The van der Waals surface area contributed by atoms with E-state index in [-0.39, 0.29) is 0 Å².